The Bertz CT molecular complexity index is 1190. The van der Waals surface area contributed by atoms with Gasteiger partial charge in [-0.25, -0.2) is 21.9 Å². The van der Waals surface area contributed by atoms with Gasteiger partial charge < -0.3 is 10.1 Å². The predicted octanol–water partition coefficient (Wildman–Crippen LogP) is 4.11. The Kier molecular flexibility index (Phi) is 7.21. The lowest BCUT2D eigenvalue weighted by Crippen LogP contribution is -2.23. The van der Waals surface area contributed by atoms with Crippen molar-refractivity contribution in [2.24, 2.45) is 0 Å². The SMILES string of the molecule is O=C(COc1ccc(S(=O)(=O)NCc2ccccc2)cc1Cl)Nc1ccc(F)cc1F. The molecule has 0 bridgehead atoms. The zero-order valence-electron chi connectivity index (χ0n) is 15.9. The first-order chi connectivity index (χ1) is 14.7. The quantitative estimate of drug-likeness (QED) is 0.523. The number of amides is 1. The van der Waals surface area contributed by atoms with Crippen LogP contribution in [0.3, 0.4) is 0 Å². The van der Waals surface area contributed by atoms with E-state index in [1.54, 1.807) is 24.3 Å². The Hall–Kier alpha value is -3.01. The van der Waals surface area contributed by atoms with Crippen LogP contribution >= 0.6 is 11.6 Å². The maximum atomic E-state index is 13.6. The highest BCUT2D eigenvalue weighted by Crippen LogP contribution is 2.27. The summed E-state index contributed by atoms with van der Waals surface area (Å²) in [5, 5.41) is 2.22. The van der Waals surface area contributed by atoms with Crippen LogP contribution in [-0.2, 0) is 21.4 Å². The monoisotopic (exact) mass is 466 g/mol. The van der Waals surface area contributed by atoms with E-state index < -0.39 is 34.2 Å². The molecule has 0 atom stereocenters. The molecule has 0 heterocycles. The first-order valence-electron chi connectivity index (χ1n) is 8.95. The van der Waals surface area contributed by atoms with Crippen molar-refractivity contribution in [3.8, 4) is 5.75 Å². The number of carbonyl (C=O) groups is 1. The van der Waals surface area contributed by atoms with Crippen LogP contribution in [0.15, 0.2) is 71.6 Å². The van der Waals surface area contributed by atoms with E-state index in [2.05, 4.69) is 10.0 Å². The van der Waals surface area contributed by atoms with E-state index in [0.29, 0.717) is 6.07 Å². The molecule has 0 spiro atoms. The van der Waals surface area contributed by atoms with Crippen LogP contribution in [0.25, 0.3) is 0 Å². The molecule has 0 aliphatic carbocycles. The molecule has 3 aromatic rings. The molecule has 10 heteroatoms. The third-order valence-corrected chi connectivity index (χ3v) is 5.78. The molecule has 0 radical (unpaired) electrons. The predicted molar refractivity (Wildman–Crippen MR) is 112 cm³/mol. The molecule has 0 aliphatic heterocycles. The third-order valence-electron chi connectivity index (χ3n) is 4.09. The summed E-state index contributed by atoms with van der Waals surface area (Å²) in [6.45, 7) is -0.409. The zero-order chi connectivity index (χ0) is 22.4. The Balaban J connectivity index is 1.60. The highest BCUT2D eigenvalue weighted by Gasteiger charge is 2.17. The van der Waals surface area contributed by atoms with Crippen LogP contribution in [0.2, 0.25) is 5.02 Å². The first kappa shape index (κ1) is 22.7. The first-order valence-corrected chi connectivity index (χ1v) is 10.8. The Morgan fingerprint density at radius 2 is 1.74 bits per heavy atom. The second-order valence-corrected chi connectivity index (χ2v) is 8.54. The van der Waals surface area contributed by atoms with Crippen LogP contribution < -0.4 is 14.8 Å². The van der Waals surface area contributed by atoms with Gasteiger partial charge in [-0.1, -0.05) is 41.9 Å². The van der Waals surface area contributed by atoms with Gasteiger partial charge in [-0.05, 0) is 35.9 Å². The molecule has 0 saturated carbocycles. The van der Waals surface area contributed by atoms with E-state index in [1.807, 2.05) is 6.07 Å². The lowest BCUT2D eigenvalue weighted by atomic mass is 10.2. The number of sulfonamides is 1. The maximum Gasteiger partial charge on any atom is 0.262 e. The number of nitrogens with one attached hydrogen (secondary N) is 2. The van der Waals surface area contributed by atoms with Crippen molar-refractivity contribution in [2.45, 2.75) is 11.4 Å². The van der Waals surface area contributed by atoms with Crippen LogP contribution in [0, 0.1) is 11.6 Å². The number of hydrogen-bond donors (Lipinski definition) is 2. The molecule has 0 fully saturated rings. The summed E-state index contributed by atoms with van der Waals surface area (Å²) in [6, 6.07) is 15.5. The van der Waals surface area contributed by atoms with Gasteiger partial charge in [0.15, 0.2) is 6.61 Å². The van der Waals surface area contributed by atoms with Gasteiger partial charge in [-0.3, -0.25) is 4.79 Å². The summed E-state index contributed by atoms with van der Waals surface area (Å²) in [7, 11) is -3.82. The van der Waals surface area contributed by atoms with Gasteiger partial charge in [-0.15, -0.1) is 0 Å². The Labute approximate surface area is 182 Å². The lowest BCUT2D eigenvalue weighted by Gasteiger charge is -2.11. The highest BCUT2D eigenvalue weighted by atomic mass is 35.5. The highest BCUT2D eigenvalue weighted by molar-refractivity contribution is 7.89. The minimum absolute atomic E-state index is 0.0247. The second-order valence-electron chi connectivity index (χ2n) is 6.36. The van der Waals surface area contributed by atoms with Gasteiger partial charge in [-0.2, -0.15) is 0 Å². The van der Waals surface area contributed by atoms with Gasteiger partial charge in [0.05, 0.1) is 15.6 Å². The van der Waals surface area contributed by atoms with E-state index in [-0.39, 0.29) is 27.9 Å². The largest absolute Gasteiger partial charge is 0.482 e. The molecule has 6 nitrogen and oxygen atoms in total. The van der Waals surface area contributed by atoms with Crippen LogP contribution in [0.5, 0.6) is 5.75 Å². The fourth-order valence-electron chi connectivity index (χ4n) is 2.54. The molecule has 0 aliphatic rings. The molecular weight excluding hydrogens is 450 g/mol. The number of carbonyl (C=O) groups excluding carboxylic acids is 1. The van der Waals surface area contributed by atoms with E-state index in [1.165, 1.54) is 18.2 Å². The van der Waals surface area contributed by atoms with E-state index >= 15 is 0 Å². The molecule has 0 saturated heterocycles. The smallest absolute Gasteiger partial charge is 0.262 e. The number of ether oxygens (including phenoxy) is 1. The van der Waals surface area contributed by atoms with Gasteiger partial charge in [0.2, 0.25) is 10.0 Å². The summed E-state index contributed by atoms with van der Waals surface area (Å²) in [4.78, 5) is 11.9. The molecule has 1 amide bonds. The standard InChI is InChI=1S/C21H17ClF2N2O4S/c22-17-11-16(31(28,29)25-12-14-4-2-1-3-5-14)7-9-20(17)30-13-21(27)26-19-8-6-15(23)10-18(19)24/h1-11,25H,12-13H2,(H,26,27). The zero-order valence-corrected chi connectivity index (χ0v) is 17.5. The summed E-state index contributed by atoms with van der Waals surface area (Å²) in [5.74, 6) is -2.34. The maximum absolute atomic E-state index is 13.6. The van der Waals surface area contributed by atoms with Gasteiger partial charge in [0.1, 0.15) is 17.4 Å². The minimum atomic E-state index is -3.82. The molecule has 3 aromatic carbocycles. The van der Waals surface area contributed by atoms with Crippen molar-refractivity contribution in [1.82, 2.24) is 4.72 Å². The van der Waals surface area contributed by atoms with E-state index in [4.69, 9.17) is 16.3 Å². The summed E-state index contributed by atoms with van der Waals surface area (Å²) < 4.78 is 59.2. The fraction of sp³-hybridized carbons (Fsp3) is 0.0952. The van der Waals surface area contributed by atoms with Crippen molar-refractivity contribution < 1.29 is 26.7 Å². The van der Waals surface area contributed by atoms with Crippen molar-refractivity contribution in [1.29, 1.82) is 0 Å². The molecule has 31 heavy (non-hydrogen) atoms. The summed E-state index contributed by atoms with van der Waals surface area (Å²) in [5.41, 5.74) is 0.591. The minimum Gasteiger partial charge on any atom is -0.482 e. The van der Waals surface area contributed by atoms with Crippen molar-refractivity contribution in [3.63, 3.8) is 0 Å². The lowest BCUT2D eigenvalue weighted by molar-refractivity contribution is -0.118. The number of rotatable bonds is 8. The normalized spacial score (nSPS) is 11.2. The Morgan fingerprint density at radius 1 is 1.00 bits per heavy atom. The average molecular weight is 467 g/mol. The fourth-order valence-corrected chi connectivity index (χ4v) is 3.89. The van der Waals surface area contributed by atoms with Crippen LogP contribution in [-0.4, -0.2) is 20.9 Å². The second kappa shape index (κ2) is 9.86. The third kappa shape index (κ3) is 6.24. The average Bonchev–Trinajstić information content (AvgIpc) is 2.74. The summed E-state index contributed by atoms with van der Waals surface area (Å²) >= 11 is 6.09. The molecule has 162 valence electrons. The molecule has 3 rings (SSSR count). The number of halogens is 3. The molecule has 0 aromatic heterocycles. The van der Waals surface area contributed by atoms with Gasteiger partial charge in [0, 0.05) is 12.6 Å². The van der Waals surface area contributed by atoms with Crippen molar-refractivity contribution in [3.05, 3.63) is 89.0 Å². The molecular formula is C21H17ClF2N2O4S. The topological polar surface area (TPSA) is 84.5 Å². The Morgan fingerprint density at radius 3 is 2.42 bits per heavy atom. The van der Waals surface area contributed by atoms with Gasteiger partial charge >= 0.3 is 0 Å². The van der Waals surface area contributed by atoms with Gasteiger partial charge in [0.25, 0.3) is 5.91 Å². The van der Waals surface area contributed by atoms with Crippen molar-refractivity contribution >= 4 is 33.2 Å². The molecule has 0 unspecified atom stereocenters. The van der Waals surface area contributed by atoms with Crippen molar-refractivity contribution in [2.75, 3.05) is 11.9 Å². The van der Waals surface area contributed by atoms with Crippen LogP contribution in [0.1, 0.15) is 5.56 Å². The van der Waals surface area contributed by atoms with E-state index in [9.17, 15) is 22.0 Å². The van der Waals surface area contributed by atoms with E-state index in [0.717, 1.165) is 17.7 Å². The number of benzene rings is 3. The summed E-state index contributed by atoms with van der Waals surface area (Å²) in [6.07, 6.45) is 0. The molecule has 2 N–H and O–H groups in total. The number of hydrogen-bond acceptors (Lipinski definition) is 4. The number of anilines is 1. The van der Waals surface area contributed by atoms with Crippen LogP contribution in [0.4, 0.5) is 14.5 Å².